The van der Waals surface area contributed by atoms with Crippen LogP contribution in [0.25, 0.3) is 0 Å². The molecule has 2 heterocycles. The molecular weight excluding hydrogens is 240 g/mol. The Hall–Kier alpha value is -1.20. The van der Waals surface area contributed by atoms with E-state index in [1.165, 1.54) is 12.8 Å². The summed E-state index contributed by atoms with van der Waals surface area (Å²) in [5.41, 5.74) is 0. The SMILES string of the molecule is C[C@@H](O)CN1CCN(c2ccnc(C3CC3)n2)CC1. The first-order chi connectivity index (χ1) is 9.22. The first-order valence-corrected chi connectivity index (χ1v) is 7.20. The summed E-state index contributed by atoms with van der Waals surface area (Å²) in [6, 6.07) is 2.01. The fraction of sp³-hybridized carbons (Fsp3) is 0.714. The van der Waals surface area contributed by atoms with Crippen molar-refractivity contribution >= 4 is 5.82 Å². The minimum absolute atomic E-state index is 0.243. The van der Waals surface area contributed by atoms with Crippen molar-refractivity contribution in [3.8, 4) is 0 Å². The number of aliphatic hydroxyl groups excluding tert-OH is 1. The van der Waals surface area contributed by atoms with Crippen LogP contribution in [-0.4, -0.2) is 58.8 Å². The largest absolute Gasteiger partial charge is 0.392 e. The van der Waals surface area contributed by atoms with Crippen LogP contribution in [0.1, 0.15) is 31.5 Å². The van der Waals surface area contributed by atoms with Gasteiger partial charge >= 0.3 is 0 Å². The molecule has 0 radical (unpaired) electrons. The van der Waals surface area contributed by atoms with Crippen molar-refractivity contribution in [1.29, 1.82) is 0 Å². The normalized spacial score (nSPS) is 22.5. The van der Waals surface area contributed by atoms with E-state index in [1.807, 2.05) is 19.2 Å². The molecule has 0 aromatic carbocycles. The topological polar surface area (TPSA) is 52.5 Å². The van der Waals surface area contributed by atoms with Gasteiger partial charge in [0.1, 0.15) is 11.6 Å². The van der Waals surface area contributed by atoms with E-state index in [2.05, 4.69) is 14.8 Å². The second-order valence-electron chi connectivity index (χ2n) is 5.68. The van der Waals surface area contributed by atoms with Crippen molar-refractivity contribution in [2.75, 3.05) is 37.6 Å². The Morgan fingerprint density at radius 3 is 2.68 bits per heavy atom. The lowest BCUT2D eigenvalue weighted by molar-refractivity contribution is 0.122. The van der Waals surface area contributed by atoms with Crippen molar-refractivity contribution in [2.45, 2.75) is 31.8 Å². The van der Waals surface area contributed by atoms with E-state index in [1.54, 1.807) is 0 Å². The van der Waals surface area contributed by atoms with Gasteiger partial charge in [-0.25, -0.2) is 9.97 Å². The summed E-state index contributed by atoms with van der Waals surface area (Å²) >= 11 is 0. The molecule has 0 unspecified atom stereocenters. The summed E-state index contributed by atoms with van der Waals surface area (Å²) in [6.45, 7) is 6.56. The van der Waals surface area contributed by atoms with Crippen molar-refractivity contribution < 1.29 is 5.11 Å². The summed E-state index contributed by atoms with van der Waals surface area (Å²) in [7, 11) is 0. The molecular formula is C14H22N4O. The molecule has 1 N–H and O–H groups in total. The summed E-state index contributed by atoms with van der Waals surface area (Å²) in [5.74, 6) is 2.69. The van der Waals surface area contributed by atoms with E-state index in [4.69, 9.17) is 4.98 Å². The molecule has 1 aliphatic carbocycles. The molecule has 5 nitrogen and oxygen atoms in total. The number of hydrogen-bond donors (Lipinski definition) is 1. The first kappa shape index (κ1) is 12.8. The Balaban J connectivity index is 1.60. The van der Waals surface area contributed by atoms with Crippen LogP contribution in [0.4, 0.5) is 5.82 Å². The molecule has 2 fully saturated rings. The van der Waals surface area contributed by atoms with Crippen LogP contribution in [0.3, 0.4) is 0 Å². The number of piperazine rings is 1. The zero-order chi connectivity index (χ0) is 13.2. The Labute approximate surface area is 114 Å². The van der Waals surface area contributed by atoms with Gasteiger partial charge in [0.2, 0.25) is 0 Å². The summed E-state index contributed by atoms with van der Waals surface area (Å²) in [4.78, 5) is 13.7. The van der Waals surface area contributed by atoms with Gasteiger partial charge in [-0.15, -0.1) is 0 Å². The van der Waals surface area contributed by atoms with Crippen molar-refractivity contribution in [3.63, 3.8) is 0 Å². The number of nitrogens with zero attached hydrogens (tertiary/aromatic N) is 4. The zero-order valence-corrected chi connectivity index (χ0v) is 11.5. The molecule has 3 rings (SSSR count). The van der Waals surface area contributed by atoms with Gasteiger partial charge in [-0.3, -0.25) is 4.90 Å². The van der Waals surface area contributed by atoms with Crippen LogP contribution in [0.15, 0.2) is 12.3 Å². The fourth-order valence-electron chi connectivity index (χ4n) is 2.61. The molecule has 104 valence electrons. The molecule has 0 bridgehead atoms. The van der Waals surface area contributed by atoms with Gasteiger partial charge in [-0.05, 0) is 25.8 Å². The van der Waals surface area contributed by atoms with Crippen molar-refractivity contribution in [2.24, 2.45) is 0 Å². The highest BCUT2D eigenvalue weighted by atomic mass is 16.3. The lowest BCUT2D eigenvalue weighted by Crippen LogP contribution is -2.48. The number of rotatable bonds is 4. The lowest BCUT2D eigenvalue weighted by atomic mass is 10.2. The standard InChI is InChI=1S/C14H22N4O/c1-11(19)10-17-6-8-18(9-7-17)13-4-5-15-14(16-13)12-2-3-12/h4-5,11-12,19H,2-3,6-10H2,1H3/t11-/m1/s1. The third-order valence-electron chi connectivity index (χ3n) is 3.82. The fourth-order valence-corrected chi connectivity index (χ4v) is 2.61. The second kappa shape index (κ2) is 5.43. The van der Waals surface area contributed by atoms with Crippen molar-refractivity contribution in [3.05, 3.63) is 18.1 Å². The van der Waals surface area contributed by atoms with Gasteiger partial charge < -0.3 is 10.0 Å². The highest BCUT2D eigenvalue weighted by molar-refractivity contribution is 5.38. The monoisotopic (exact) mass is 262 g/mol. The quantitative estimate of drug-likeness (QED) is 0.872. The molecule has 2 aliphatic rings. The van der Waals surface area contributed by atoms with Gasteiger partial charge in [0.15, 0.2) is 0 Å². The highest BCUT2D eigenvalue weighted by Crippen LogP contribution is 2.38. The maximum absolute atomic E-state index is 9.42. The van der Waals surface area contributed by atoms with E-state index in [0.717, 1.165) is 44.4 Å². The number of β-amino-alcohol motifs (C(OH)–C–C–N with tert-alkyl or cyclic N) is 1. The van der Waals surface area contributed by atoms with Crippen LogP contribution >= 0.6 is 0 Å². The molecule has 1 aliphatic heterocycles. The third kappa shape index (κ3) is 3.22. The number of aliphatic hydroxyl groups is 1. The molecule has 0 spiro atoms. The predicted molar refractivity (Wildman–Crippen MR) is 74.3 cm³/mol. The van der Waals surface area contributed by atoms with E-state index in [-0.39, 0.29) is 6.10 Å². The molecule has 0 amide bonds. The number of hydrogen-bond acceptors (Lipinski definition) is 5. The minimum Gasteiger partial charge on any atom is -0.392 e. The molecule has 1 saturated heterocycles. The lowest BCUT2D eigenvalue weighted by Gasteiger charge is -2.35. The van der Waals surface area contributed by atoms with Gasteiger partial charge in [0.05, 0.1) is 6.10 Å². The highest BCUT2D eigenvalue weighted by Gasteiger charge is 2.27. The summed E-state index contributed by atoms with van der Waals surface area (Å²) < 4.78 is 0. The van der Waals surface area contributed by atoms with Gasteiger partial charge in [0.25, 0.3) is 0 Å². The maximum atomic E-state index is 9.42. The van der Waals surface area contributed by atoms with E-state index in [0.29, 0.717) is 5.92 Å². The Kier molecular flexibility index (Phi) is 3.66. The summed E-state index contributed by atoms with van der Waals surface area (Å²) in [6.07, 6.45) is 4.13. The molecule has 19 heavy (non-hydrogen) atoms. The summed E-state index contributed by atoms with van der Waals surface area (Å²) in [5, 5.41) is 9.42. The van der Waals surface area contributed by atoms with E-state index >= 15 is 0 Å². The maximum Gasteiger partial charge on any atom is 0.133 e. The first-order valence-electron chi connectivity index (χ1n) is 7.20. The smallest absolute Gasteiger partial charge is 0.133 e. The Morgan fingerprint density at radius 2 is 2.05 bits per heavy atom. The average molecular weight is 262 g/mol. The Bertz CT molecular complexity index is 425. The molecule has 1 atom stereocenters. The molecule has 5 heteroatoms. The average Bonchev–Trinajstić information content (AvgIpc) is 3.23. The minimum atomic E-state index is -0.243. The molecule has 1 aromatic rings. The zero-order valence-electron chi connectivity index (χ0n) is 11.5. The van der Waals surface area contributed by atoms with Crippen LogP contribution in [0.5, 0.6) is 0 Å². The van der Waals surface area contributed by atoms with Gasteiger partial charge in [0, 0.05) is 44.8 Å². The predicted octanol–water partition coefficient (Wildman–Crippen LogP) is 0.857. The van der Waals surface area contributed by atoms with Crippen LogP contribution in [-0.2, 0) is 0 Å². The van der Waals surface area contributed by atoms with Crippen LogP contribution < -0.4 is 4.90 Å². The number of aromatic nitrogens is 2. The number of anilines is 1. The van der Waals surface area contributed by atoms with Crippen LogP contribution in [0.2, 0.25) is 0 Å². The van der Waals surface area contributed by atoms with E-state index in [9.17, 15) is 5.11 Å². The van der Waals surface area contributed by atoms with Gasteiger partial charge in [-0.2, -0.15) is 0 Å². The Morgan fingerprint density at radius 1 is 1.32 bits per heavy atom. The van der Waals surface area contributed by atoms with Crippen molar-refractivity contribution in [1.82, 2.24) is 14.9 Å². The van der Waals surface area contributed by atoms with E-state index < -0.39 is 0 Å². The van der Waals surface area contributed by atoms with Crippen LogP contribution in [0, 0.1) is 0 Å². The molecule has 1 saturated carbocycles. The van der Waals surface area contributed by atoms with Gasteiger partial charge in [-0.1, -0.05) is 0 Å². The third-order valence-corrected chi connectivity index (χ3v) is 3.82. The molecule has 1 aromatic heterocycles. The second-order valence-corrected chi connectivity index (χ2v) is 5.68.